The highest BCUT2D eigenvalue weighted by Gasteiger charge is 2.53. The summed E-state index contributed by atoms with van der Waals surface area (Å²) < 4.78 is 137. The third kappa shape index (κ3) is 19.5. The topological polar surface area (TPSA) is 705 Å². The van der Waals surface area contributed by atoms with Crippen LogP contribution in [0.3, 0.4) is 0 Å². The third-order valence-electron chi connectivity index (χ3n) is 21.6. The number of carbonyl (C=O) groups is 10. The maximum absolute atomic E-state index is 15.2. The Kier molecular flexibility index (Phi) is 26.9. The summed E-state index contributed by atoms with van der Waals surface area (Å²) in [6, 6.07) is 26.8. The van der Waals surface area contributed by atoms with E-state index in [-0.39, 0.29) is 118 Å². The molecule has 0 radical (unpaired) electrons. The Morgan fingerprint density at radius 1 is 0.399 bits per heavy atom. The maximum atomic E-state index is 15.2. The van der Waals surface area contributed by atoms with E-state index >= 15 is 9.59 Å². The van der Waals surface area contributed by atoms with Crippen LogP contribution in [-0.4, -0.2) is 213 Å². The molecule has 0 spiro atoms. The van der Waals surface area contributed by atoms with Crippen LogP contribution in [0.25, 0.3) is 11.1 Å². The molecule has 0 fully saturated rings. The number of Topliss-reactive ketones (excluding diaryl/α,β-unsaturated/α-hetero) is 4. The molecule has 2 aromatic heterocycles. The predicted octanol–water partition coefficient (Wildman–Crippen LogP) is 10.9. The molecule has 0 saturated heterocycles. The quantitative estimate of drug-likeness (QED) is 0.00327. The van der Waals surface area contributed by atoms with Crippen LogP contribution in [0.4, 0.5) is 46.5 Å². The number of likely N-dealkylation sites (N-methyl/N-ethyl adjacent to an activating group) is 2. The first-order valence-corrected chi connectivity index (χ1v) is 45.7. The third-order valence-corrected chi connectivity index (χ3v) is 26.2. The van der Waals surface area contributed by atoms with Gasteiger partial charge in [0.15, 0.2) is 23.1 Å². The number of benzene rings is 8. The number of fused-ring (bicyclic) bond motifs is 4. The van der Waals surface area contributed by atoms with Gasteiger partial charge in [0.2, 0.25) is 23.8 Å². The van der Waals surface area contributed by atoms with Gasteiger partial charge in [0, 0.05) is 88.7 Å². The molecule has 48 nitrogen and oxygen atoms in total. The number of ketones is 4. The van der Waals surface area contributed by atoms with Crippen molar-refractivity contribution >= 4 is 183 Å². The number of carboxylic acids is 4. The van der Waals surface area contributed by atoms with Crippen molar-refractivity contribution in [1.82, 2.24) is 39.7 Å². The van der Waals surface area contributed by atoms with Crippen molar-refractivity contribution in [2.24, 2.45) is 11.8 Å². The number of ether oxygens (including phenoxy) is 2. The fourth-order valence-corrected chi connectivity index (χ4v) is 19.2. The molecule has 4 aliphatic carbocycles. The largest absolute Gasteiger partial charge is 0.478 e. The summed E-state index contributed by atoms with van der Waals surface area (Å²) in [5, 5.41) is 96.6. The number of allylic oxidation sites excluding steroid dienone is 2. The molecule has 10 aromatic rings. The Balaban J connectivity index is 0.762. The van der Waals surface area contributed by atoms with E-state index in [9.17, 15) is 108 Å². The van der Waals surface area contributed by atoms with Crippen molar-refractivity contribution in [1.29, 1.82) is 0 Å². The lowest BCUT2D eigenvalue weighted by atomic mass is 9.65. The Morgan fingerprint density at radius 3 is 1.19 bits per heavy atom. The summed E-state index contributed by atoms with van der Waals surface area (Å²) in [7, 11) is -13.1. The van der Waals surface area contributed by atoms with Gasteiger partial charge in [-0.2, -0.15) is 55.2 Å². The van der Waals surface area contributed by atoms with Crippen LogP contribution in [-0.2, 0) is 68.1 Å². The Hall–Kier alpha value is -15.5. The van der Waals surface area contributed by atoms with Crippen LogP contribution < -0.4 is 41.4 Å². The first kappa shape index (κ1) is 95.7. The molecule has 4 atom stereocenters. The second-order valence-corrected chi connectivity index (χ2v) is 36.2. The van der Waals surface area contributed by atoms with Gasteiger partial charge in [-0.1, -0.05) is 100 Å². The van der Waals surface area contributed by atoms with E-state index in [1.54, 1.807) is 12.1 Å². The van der Waals surface area contributed by atoms with Crippen LogP contribution >= 0.6 is 36.1 Å². The molecule has 0 bridgehead atoms. The molecular formula is C84H60N14O34S6. The van der Waals surface area contributed by atoms with E-state index in [4.69, 9.17) is 23.4 Å². The van der Waals surface area contributed by atoms with Gasteiger partial charge in [-0.25, -0.2) is 34.9 Å². The van der Waals surface area contributed by atoms with Crippen LogP contribution in [0.1, 0.15) is 94.0 Å². The van der Waals surface area contributed by atoms with Gasteiger partial charge in [0.25, 0.3) is 42.2 Å². The van der Waals surface area contributed by atoms with E-state index in [1.165, 1.54) is 110 Å². The lowest BCUT2D eigenvalue weighted by molar-refractivity contribution is -0.432. The van der Waals surface area contributed by atoms with E-state index in [2.05, 4.69) is 81.3 Å². The van der Waals surface area contributed by atoms with Crippen molar-refractivity contribution in [3.8, 4) is 23.5 Å². The lowest BCUT2D eigenvalue weighted by Gasteiger charge is -2.45. The van der Waals surface area contributed by atoms with Crippen molar-refractivity contribution in [3.63, 3.8) is 0 Å². The molecule has 4 unspecified atom stereocenters. The normalized spacial score (nSPS) is 16.5. The van der Waals surface area contributed by atoms with Gasteiger partial charge < -0.3 is 71.6 Å². The zero-order valence-electron chi connectivity index (χ0n) is 69.3. The summed E-state index contributed by atoms with van der Waals surface area (Å²) >= 11 is 0.761. The molecule has 706 valence electrons. The van der Waals surface area contributed by atoms with E-state index in [0.29, 0.717) is 12.0 Å². The average Bonchev–Trinajstić information content (AvgIpc) is 0.707. The first-order chi connectivity index (χ1) is 65.8. The number of hydrogen-bond donors (Lipinski definition) is 16. The van der Waals surface area contributed by atoms with Crippen LogP contribution in [0.2, 0.25) is 0 Å². The molecule has 0 saturated carbocycles. The molecule has 54 heteroatoms. The maximum Gasteiger partial charge on any atom is 0.335 e. The molecule has 16 N–H and O–H groups in total. The van der Waals surface area contributed by atoms with Crippen molar-refractivity contribution in [2.75, 3.05) is 59.1 Å². The van der Waals surface area contributed by atoms with Gasteiger partial charge in [0.05, 0.1) is 119 Å². The zero-order chi connectivity index (χ0) is 98.4. The highest BCUT2D eigenvalue weighted by Crippen LogP contribution is 2.54. The predicted molar refractivity (Wildman–Crippen MR) is 475 cm³/mol. The summed E-state index contributed by atoms with van der Waals surface area (Å²) in [5.74, 6) is -17.3. The lowest BCUT2D eigenvalue weighted by Crippen LogP contribution is -2.51. The van der Waals surface area contributed by atoms with Crippen LogP contribution in [0.15, 0.2) is 245 Å². The number of hydrogen-bond acceptors (Lipinski definition) is 42. The van der Waals surface area contributed by atoms with Gasteiger partial charge in [0.1, 0.15) is 21.3 Å². The fraction of sp³-hybridized carbons (Fsp3) is 0.0952. The summed E-state index contributed by atoms with van der Waals surface area (Å²) in [6.45, 7) is -0.872. The van der Waals surface area contributed by atoms with Gasteiger partial charge in [-0.05, 0) is 119 Å². The second kappa shape index (κ2) is 38.7. The van der Waals surface area contributed by atoms with Gasteiger partial charge in [-0.15, -0.1) is 13.0 Å². The number of amides is 2. The summed E-state index contributed by atoms with van der Waals surface area (Å²) in [4.78, 5) is 164. The molecule has 2 amide bonds. The molecular weight excluding hydrogens is 1940 g/mol. The molecule has 138 heavy (non-hydrogen) atoms. The highest BCUT2D eigenvalue weighted by atomic mass is 32.2. The number of carboxylic acid groups (broad SMARTS) is 4. The zero-order valence-corrected chi connectivity index (χ0v) is 74.2. The van der Waals surface area contributed by atoms with E-state index in [0.717, 1.165) is 83.8 Å². The van der Waals surface area contributed by atoms with Crippen molar-refractivity contribution < 1.29 is 161 Å². The van der Waals surface area contributed by atoms with Crippen LogP contribution in [0.5, 0.6) is 23.5 Å². The van der Waals surface area contributed by atoms with Crippen LogP contribution in [0, 0.1) is 11.8 Å². The smallest absolute Gasteiger partial charge is 0.335 e. The Morgan fingerprint density at radius 2 is 0.775 bits per heavy atom. The minimum absolute atomic E-state index is 0.0231. The van der Waals surface area contributed by atoms with E-state index in [1.807, 2.05) is 0 Å². The minimum Gasteiger partial charge on any atom is -0.478 e. The van der Waals surface area contributed by atoms with Gasteiger partial charge in [-0.3, -0.25) is 42.4 Å². The Labute approximate surface area is 785 Å². The number of nitrogens with zero attached hydrogens (tertiary/aromatic N) is 8. The fourth-order valence-electron chi connectivity index (χ4n) is 15.9. The second-order valence-electron chi connectivity index (χ2n) is 29.8. The molecule has 6 aliphatic rings. The number of aromatic carboxylic acids is 4. The molecule has 2 aliphatic heterocycles. The number of nitrogens with one attached hydrogen (secondary N) is 6. The Bertz CT molecular complexity index is 7480. The highest BCUT2D eigenvalue weighted by molar-refractivity contribution is 7.95. The standard InChI is InChI=1S/C84H60N14O34S6/c1-97-55-19-17-49(63-65(55)61(45-13-3-5-15-47(45)71(63)101)67(73(97)103)69(99)35-9-7-11-43(29-35)133-130-127-113)87-51-31-54(60(138(122,123)124)33-57(51)134-131-128-114)90-82-92-80(94-84(96-82)126-42-27-39(77(109)110)24-40(28-42)78(111)112)86-22-21-85-79-91-81(95-83(93-79)125-41-25-37(75(105)106)23-38(26-41)76(107)108)89-52-32-53(59(137(119,120)121)34-58(52)135-132-129-115)88-50-18-20-56-66-62(46-14-4-6-16-48(46)72(102)64(50)66)68(74(104)98(56)2)70(100)36-10-8-12-44(30-36)136(116,117)118/h3-20,23-34,55-56,65-66,87-88,113-115H,21-22H2,1-2H3,(H,105,106)(H,107,108)(H,109,110)(H,111,112)(H,116,117,118)(H,119,120,121)(H,122,123,124)(H2,85,89,91,93,95)(H2,86,90,92,94,96). The van der Waals surface area contributed by atoms with Gasteiger partial charge >= 0.3 is 35.9 Å². The van der Waals surface area contributed by atoms with E-state index < -0.39 is 232 Å². The number of anilines is 8. The number of rotatable bonds is 37. The first-order valence-electron chi connectivity index (χ1n) is 39.1. The summed E-state index contributed by atoms with van der Waals surface area (Å²) in [6.07, 6.45) is 5.69. The monoisotopic (exact) mass is 2000 g/mol. The summed E-state index contributed by atoms with van der Waals surface area (Å²) in [5.41, 5.74) is -5.86. The molecule has 16 rings (SSSR count). The molecule has 4 heterocycles. The number of aromatic nitrogens is 6. The van der Waals surface area contributed by atoms with Crippen molar-refractivity contribution in [3.05, 3.63) is 271 Å². The average molecular weight is 2000 g/mol. The van der Waals surface area contributed by atoms with Crippen molar-refractivity contribution in [2.45, 2.75) is 41.5 Å². The minimum atomic E-state index is -5.48. The molecule has 8 aromatic carbocycles. The SMILES string of the molecule is CN1C(=O)C(C(=O)c2cccc(SOOO)c2)=C2c3ccccc3C(=O)C3=C(Nc4cc(Nc5nc(NCCNc6nc(Nc7cc(NC8=C9C(=O)c%10ccccc%10C%10=C(C(=O)c%11cccc(S(=O)(=O)O)c%11)C(=O)N(C)C(C=C8)C9%10)c(S(=O)(=O)O)cc7SOOO)nc(Oc7cc(C(=O)O)cc(C(=O)O)c7)n6)nc(Oc6cc(C(=O)O)cc(C(=O)O)c6)n5)c(S(=O)(=O)O)cc4SOOO)C=CC1C32. The number of carbonyl (C=O) groups excluding carboxylic acids is 6.